The second-order valence-electron chi connectivity index (χ2n) is 9.29. The average Bonchev–Trinajstić information content (AvgIpc) is 3.43. The maximum absolute atomic E-state index is 13.6. The van der Waals surface area contributed by atoms with Gasteiger partial charge in [0.15, 0.2) is 0 Å². The van der Waals surface area contributed by atoms with E-state index < -0.39 is 39.2 Å². The average molecular weight is 519 g/mol. The summed E-state index contributed by atoms with van der Waals surface area (Å²) in [6.07, 6.45) is 0.214. The molecule has 2 fully saturated rings. The predicted molar refractivity (Wildman–Crippen MR) is 125 cm³/mol. The van der Waals surface area contributed by atoms with E-state index in [2.05, 4.69) is 10.0 Å². The van der Waals surface area contributed by atoms with Gasteiger partial charge < -0.3 is 15.2 Å². The summed E-state index contributed by atoms with van der Waals surface area (Å²) in [5, 5.41) is 13.7. The summed E-state index contributed by atoms with van der Waals surface area (Å²) >= 11 is 0.978. The summed E-state index contributed by atoms with van der Waals surface area (Å²) < 4.78 is 74.7. The summed E-state index contributed by atoms with van der Waals surface area (Å²) in [5.74, 6) is -0.310. The Hall–Kier alpha value is -1.82. The number of alkyl halides is 3. The van der Waals surface area contributed by atoms with E-state index in [4.69, 9.17) is 4.74 Å². The molecular weight excluding hydrogens is 489 g/mol. The zero-order valence-electron chi connectivity index (χ0n) is 18.8. The summed E-state index contributed by atoms with van der Waals surface area (Å²) in [5.41, 5.74) is -1.81. The maximum Gasteiger partial charge on any atom is 0.419 e. The van der Waals surface area contributed by atoms with Crippen LogP contribution in [0, 0.1) is 5.92 Å². The lowest BCUT2D eigenvalue weighted by Gasteiger charge is -2.27. The van der Waals surface area contributed by atoms with Crippen molar-refractivity contribution in [3.05, 3.63) is 40.8 Å². The molecular formula is C23H29F3N2O4S2. The van der Waals surface area contributed by atoms with Crippen LogP contribution in [0.3, 0.4) is 0 Å². The third-order valence-corrected chi connectivity index (χ3v) is 9.51. The molecule has 1 saturated heterocycles. The van der Waals surface area contributed by atoms with E-state index in [1.807, 2.05) is 0 Å². The molecule has 6 nitrogen and oxygen atoms in total. The molecule has 4 rings (SSSR count). The normalized spacial score (nSPS) is 23.1. The van der Waals surface area contributed by atoms with Crippen molar-refractivity contribution < 1.29 is 31.4 Å². The van der Waals surface area contributed by atoms with Crippen LogP contribution in [-0.4, -0.2) is 32.2 Å². The summed E-state index contributed by atoms with van der Waals surface area (Å²) in [6.45, 7) is 2.73. The number of benzene rings is 1. The molecule has 1 aromatic heterocycles. The minimum Gasteiger partial charge on any atom is -0.485 e. The monoisotopic (exact) mass is 518 g/mol. The molecule has 2 aromatic rings. The zero-order valence-corrected chi connectivity index (χ0v) is 20.5. The lowest BCUT2D eigenvalue weighted by Crippen LogP contribution is -2.35. The summed E-state index contributed by atoms with van der Waals surface area (Å²) in [4.78, 5) is 0.574. The Kier molecular flexibility index (Phi) is 7.19. The lowest BCUT2D eigenvalue weighted by atomic mass is 9.85. The van der Waals surface area contributed by atoms with Gasteiger partial charge in [0.2, 0.25) is 0 Å². The van der Waals surface area contributed by atoms with Crippen molar-refractivity contribution >= 4 is 27.0 Å². The second-order valence-corrected chi connectivity index (χ2v) is 12.3. The molecule has 1 unspecified atom stereocenters. The number of hydrogen-bond donors (Lipinski definition) is 3. The van der Waals surface area contributed by atoms with E-state index in [0.717, 1.165) is 61.6 Å². The van der Waals surface area contributed by atoms with Gasteiger partial charge in [-0.15, -0.1) is 11.3 Å². The van der Waals surface area contributed by atoms with Gasteiger partial charge in [-0.05, 0) is 56.5 Å². The topological polar surface area (TPSA) is 87.7 Å². The van der Waals surface area contributed by atoms with Crippen LogP contribution in [-0.2, 0) is 16.2 Å². The number of aliphatic hydroxyl groups is 1. The number of sulfonamides is 1. The van der Waals surface area contributed by atoms with Crippen molar-refractivity contribution in [2.24, 2.45) is 5.92 Å². The molecule has 0 radical (unpaired) electrons. The van der Waals surface area contributed by atoms with Gasteiger partial charge >= 0.3 is 6.18 Å². The van der Waals surface area contributed by atoms with Gasteiger partial charge in [0.1, 0.15) is 15.6 Å². The fraction of sp³-hybridized carbons (Fsp3) is 0.565. The minimum absolute atomic E-state index is 0.00770. The van der Waals surface area contributed by atoms with Crippen LogP contribution in [0.5, 0.6) is 5.75 Å². The molecule has 1 aliphatic carbocycles. The van der Waals surface area contributed by atoms with Crippen molar-refractivity contribution in [2.45, 2.75) is 67.5 Å². The van der Waals surface area contributed by atoms with E-state index in [-0.39, 0.29) is 15.8 Å². The van der Waals surface area contributed by atoms with Gasteiger partial charge in [0.05, 0.1) is 17.4 Å². The first-order chi connectivity index (χ1) is 16.0. The Labute approximate surface area is 201 Å². The van der Waals surface area contributed by atoms with Gasteiger partial charge in [-0.3, -0.25) is 4.72 Å². The first-order valence-electron chi connectivity index (χ1n) is 11.4. The Balaban J connectivity index is 1.55. The van der Waals surface area contributed by atoms with E-state index in [1.165, 1.54) is 6.07 Å². The maximum atomic E-state index is 13.6. The highest BCUT2D eigenvalue weighted by Crippen LogP contribution is 2.41. The molecule has 11 heteroatoms. The molecule has 3 N–H and O–H groups in total. The van der Waals surface area contributed by atoms with Crippen LogP contribution < -0.4 is 14.8 Å². The molecule has 2 heterocycles. The first kappa shape index (κ1) is 25.3. The molecule has 2 atom stereocenters. The fourth-order valence-corrected chi connectivity index (χ4v) is 7.03. The Morgan fingerprint density at radius 3 is 2.59 bits per heavy atom. The highest BCUT2D eigenvalue weighted by molar-refractivity contribution is 7.94. The van der Waals surface area contributed by atoms with E-state index in [9.17, 15) is 26.7 Å². The van der Waals surface area contributed by atoms with Crippen molar-refractivity contribution in [3.8, 4) is 5.75 Å². The standard InChI is InChI=1S/C23H29F3N2O4S2/c1-22(11-12-27-14-22)32-18-13-16(7-8-17(18)23(24,25)26)28-34(30,31)20-10-9-19(33-20)21(29)15-5-3-2-4-6-15/h7-10,13,15,21,27-29H,2-6,11-12,14H2,1H3/t21?,22-/m1/s1. The van der Waals surface area contributed by atoms with Gasteiger partial charge in [0.25, 0.3) is 10.0 Å². The zero-order chi connectivity index (χ0) is 24.6. The summed E-state index contributed by atoms with van der Waals surface area (Å²) in [7, 11) is -4.06. The molecule has 1 saturated carbocycles. The van der Waals surface area contributed by atoms with E-state index in [0.29, 0.717) is 24.4 Å². The molecule has 34 heavy (non-hydrogen) atoms. The number of halogens is 3. The molecule has 188 valence electrons. The largest absolute Gasteiger partial charge is 0.485 e. The number of ether oxygens (including phenoxy) is 1. The molecule has 1 aliphatic heterocycles. The molecule has 0 spiro atoms. The number of rotatable bonds is 7. The molecule has 0 bridgehead atoms. The highest BCUT2D eigenvalue weighted by Gasteiger charge is 2.38. The number of anilines is 1. The SMILES string of the molecule is C[C@@]1(Oc2cc(NS(=O)(=O)c3ccc(C(O)C4CCCCC4)s3)ccc2C(F)(F)F)CCNC1. The van der Waals surface area contributed by atoms with E-state index in [1.54, 1.807) is 13.0 Å². The minimum atomic E-state index is -4.65. The Morgan fingerprint density at radius 2 is 1.94 bits per heavy atom. The van der Waals surface area contributed by atoms with E-state index >= 15 is 0 Å². The highest BCUT2D eigenvalue weighted by atomic mass is 32.2. The number of aliphatic hydroxyl groups excluding tert-OH is 1. The summed E-state index contributed by atoms with van der Waals surface area (Å²) in [6, 6.07) is 6.00. The Morgan fingerprint density at radius 1 is 1.21 bits per heavy atom. The fourth-order valence-electron chi connectivity index (χ4n) is 4.58. The smallest absolute Gasteiger partial charge is 0.419 e. The van der Waals surface area contributed by atoms with Crippen LogP contribution in [0.15, 0.2) is 34.5 Å². The number of nitrogens with one attached hydrogen (secondary N) is 2. The van der Waals surface area contributed by atoms with Gasteiger partial charge in [-0.1, -0.05) is 19.3 Å². The molecule has 1 aromatic carbocycles. The first-order valence-corrected chi connectivity index (χ1v) is 13.7. The lowest BCUT2D eigenvalue weighted by molar-refractivity contribution is -0.139. The molecule has 2 aliphatic rings. The third kappa shape index (κ3) is 5.69. The number of hydrogen-bond acceptors (Lipinski definition) is 6. The van der Waals surface area contributed by atoms with Crippen LogP contribution in [0.25, 0.3) is 0 Å². The Bertz CT molecular complexity index is 1110. The van der Waals surface area contributed by atoms with Crippen LogP contribution >= 0.6 is 11.3 Å². The van der Waals surface area contributed by atoms with Crippen LogP contribution in [0.4, 0.5) is 18.9 Å². The van der Waals surface area contributed by atoms with Crippen LogP contribution in [0.2, 0.25) is 0 Å². The van der Waals surface area contributed by atoms with Gasteiger partial charge in [-0.25, -0.2) is 8.42 Å². The number of thiophene rings is 1. The second kappa shape index (κ2) is 9.67. The van der Waals surface area contributed by atoms with Crippen molar-refractivity contribution in [3.63, 3.8) is 0 Å². The van der Waals surface area contributed by atoms with Crippen molar-refractivity contribution in [1.82, 2.24) is 5.32 Å². The van der Waals surface area contributed by atoms with Crippen LogP contribution in [0.1, 0.15) is 62.0 Å². The molecule has 0 amide bonds. The van der Waals surface area contributed by atoms with Gasteiger partial charge in [-0.2, -0.15) is 13.2 Å². The quantitative estimate of drug-likeness (QED) is 0.462. The predicted octanol–water partition coefficient (Wildman–Crippen LogP) is 5.31. The van der Waals surface area contributed by atoms with Gasteiger partial charge in [0, 0.05) is 23.9 Å². The third-order valence-electron chi connectivity index (χ3n) is 6.48. The van der Waals surface area contributed by atoms with Crippen molar-refractivity contribution in [2.75, 3.05) is 17.8 Å². The van der Waals surface area contributed by atoms with Crippen molar-refractivity contribution in [1.29, 1.82) is 0 Å².